The number of azo groups is 2. The molecular formula is C48H42CoN21O15S4-. The quantitative estimate of drug-likeness (QED) is 0.0142. The van der Waals surface area contributed by atoms with Crippen molar-refractivity contribution in [3.05, 3.63) is 214 Å². The average Bonchev–Trinajstić information content (AvgIpc) is 4.44. The zero-order valence-corrected chi connectivity index (χ0v) is 49.3. The van der Waals surface area contributed by atoms with Crippen LogP contribution in [0.15, 0.2) is 199 Å². The van der Waals surface area contributed by atoms with E-state index >= 15 is 0 Å². The second kappa shape index (κ2) is 34.6. The van der Waals surface area contributed by atoms with Crippen molar-refractivity contribution in [1.82, 2.24) is 24.5 Å². The summed E-state index contributed by atoms with van der Waals surface area (Å²) in [5.41, 5.74) is 5.67. The molecule has 10 rings (SSSR count). The molecule has 0 aliphatic heterocycles. The van der Waals surface area contributed by atoms with Crippen molar-refractivity contribution in [3.8, 4) is 11.5 Å². The topological polar surface area (TPSA) is 531 Å². The van der Waals surface area contributed by atoms with Gasteiger partial charge < -0.3 is 51.4 Å². The van der Waals surface area contributed by atoms with Gasteiger partial charge in [0.05, 0.1) is 46.2 Å². The van der Waals surface area contributed by atoms with Crippen molar-refractivity contribution in [2.75, 3.05) is 10.7 Å². The molecule has 0 fully saturated rings. The van der Waals surface area contributed by atoms with Crippen LogP contribution in [0.5, 0.6) is 11.5 Å². The summed E-state index contributed by atoms with van der Waals surface area (Å²) in [6, 6.07) is 22.1. The number of hydrogen-bond donors (Lipinski definition) is 7. The van der Waals surface area contributed by atoms with Crippen LogP contribution in [0, 0.1) is 40.5 Å². The largest absolute Gasteiger partial charge is 0.508 e. The van der Waals surface area contributed by atoms with Gasteiger partial charge in [-0.2, -0.15) is 0 Å². The van der Waals surface area contributed by atoms with E-state index in [1.807, 2.05) is 78.1 Å². The second-order valence-corrected chi connectivity index (χ2v) is 20.1. The van der Waals surface area contributed by atoms with Crippen molar-refractivity contribution in [3.63, 3.8) is 0 Å². The fourth-order valence-corrected chi connectivity index (χ4v) is 8.12. The molecule has 0 unspecified atom stereocenters. The van der Waals surface area contributed by atoms with E-state index in [9.17, 15) is 65.4 Å². The van der Waals surface area contributed by atoms with Crippen LogP contribution >= 0.6 is 45.3 Å². The summed E-state index contributed by atoms with van der Waals surface area (Å²) in [6.07, 6.45) is 15.3. The first-order chi connectivity index (χ1) is 41.6. The van der Waals surface area contributed by atoms with Gasteiger partial charge in [-0.25, -0.2) is 24.9 Å². The molecule has 2 aliphatic carbocycles. The molecule has 0 spiro atoms. The van der Waals surface area contributed by atoms with Crippen molar-refractivity contribution in [1.29, 1.82) is 0 Å². The first-order valence-electron chi connectivity index (χ1n) is 23.6. The number of ketones is 2. The predicted molar refractivity (Wildman–Crippen MR) is 318 cm³/mol. The molecule has 10 N–H and O–H groups in total. The van der Waals surface area contributed by atoms with Gasteiger partial charge in [0.1, 0.15) is 58.2 Å². The Labute approximate surface area is 523 Å². The first kappa shape index (κ1) is 70.1. The van der Waals surface area contributed by atoms with Gasteiger partial charge in [-0.15, -0.1) is 10.2 Å². The fraction of sp³-hybridized carbons (Fsp3) is 0.0625. The van der Waals surface area contributed by atoms with Crippen LogP contribution in [0.1, 0.15) is 5.56 Å². The van der Waals surface area contributed by atoms with E-state index in [4.69, 9.17) is 10.9 Å². The third-order valence-electron chi connectivity index (χ3n) is 9.97. The number of benzene rings is 3. The van der Waals surface area contributed by atoms with Crippen LogP contribution in [-0.2, 0) is 47.0 Å². The molecule has 463 valence electrons. The molecule has 0 amide bonds. The van der Waals surface area contributed by atoms with Crippen LogP contribution in [0.4, 0.5) is 53.3 Å². The molecule has 1 radical (unpaired) electrons. The Hall–Kier alpha value is -11.3. The number of aliphatic hydroxyl groups excluding tert-OH is 2. The van der Waals surface area contributed by atoms with E-state index in [-0.39, 0.29) is 109 Å². The standard InChI is InChI=1S/C18H19N5.3C9H6N4O4S.C3H4N4O2S.Co.H2O/c1-22-12-13-23(2)18(22)21-20-17-10-8-16(9-11-17)19-14-15-6-4-3-5-7-15;3*14-5-1-2-6(7(15)3-5)11-12-9-10-4-8(18-9)13(16)17;4-6-3-5-1-2(10-3)7(8)9;;/h3-13H,14H2,1-2H3;2*1-4H,(H2,10,12,14,15);1-4,14-15H;1H,4H2,(H,5,6);;1H2/p-1. The summed E-state index contributed by atoms with van der Waals surface area (Å²) < 4.78 is 3.86. The molecule has 0 saturated carbocycles. The number of hydrazine groups is 1. The molecular weight excluding hydrogens is 1300 g/mol. The van der Waals surface area contributed by atoms with E-state index in [0.717, 1.165) is 112 Å². The number of nitro groups is 4. The number of thiazole rings is 4. The number of phenolic OH excluding ortho intramolecular Hbond substituents is 2. The molecule has 5 aromatic heterocycles. The Bertz CT molecular complexity index is 4080. The fourth-order valence-electron chi connectivity index (χ4n) is 5.91. The number of imidazole rings is 1. The van der Waals surface area contributed by atoms with Crippen LogP contribution in [0.25, 0.3) is 0 Å². The minimum Gasteiger partial charge on any atom is -0.508 e. The molecule has 3 aromatic carbocycles. The Balaban J connectivity index is 0.000000241. The van der Waals surface area contributed by atoms with Gasteiger partial charge in [-0.05, 0) is 88.9 Å². The summed E-state index contributed by atoms with van der Waals surface area (Å²) in [5, 5.41) is 112. The Morgan fingerprint density at radius 1 is 0.663 bits per heavy atom. The molecule has 89 heavy (non-hydrogen) atoms. The summed E-state index contributed by atoms with van der Waals surface area (Å²) in [7, 11) is 3.90. The van der Waals surface area contributed by atoms with Gasteiger partial charge in [-0.1, -0.05) is 58.1 Å². The van der Waals surface area contributed by atoms with Crippen LogP contribution in [-0.4, -0.2) is 83.1 Å². The number of aryl methyl sites for hydroxylation is 2. The van der Waals surface area contributed by atoms with Gasteiger partial charge in [0.2, 0.25) is 10.3 Å². The van der Waals surface area contributed by atoms with Gasteiger partial charge in [0.25, 0.3) is 0 Å². The smallest absolute Gasteiger partial charge is 0.421 e. The number of hydrogen-bond acceptors (Lipinski definition) is 31. The zero-order valence-electron chi connectivity index (χ0n) is 45.0. The number of nitrogens with two attached hydrogens (primary N) is 1. The second-order valence-electron chi connectivity index (χ2n) is 16.1. The first-order valence-corrected chi connectivity index (χ1v) is 26.9. The molecule has 0 atom stereocenters. The van der Waals surface area contributed by atoms with Crippen molar-refractivity contribution >= 4 is 122 Å². The number of anilines is 2. The van der Waals surface area contributed by atoms with Gasteiger partial charge in [0, 0.05) is 74.3 Å². The monoisotopic (exact) mass is 1340 g/mol. The number of aliphatic hydroxyl groups is 2. The van der Waals surface area contributed by atoms with E-state index in [0.29, 0.717) is 5.13 Å². The Morgan fingerprint density at radius 2 is 1.20 bits per heavy atom. The SMILES string of the molecule is Cn1cc[n+](C)c1N=Nc1ccc(NCc2ccccc2)cc1.NNc1ncc([N+](=O)[O-])s1.O.O=C1C=CC(=NN=c2[n-]cc([N+](=O)[O-])s2)C(O)=C1.O=C1C=CC(=NN=c2[n-]cc([N+](=O)[O-])s2)C(O)=C1.O=[N+]([O-])c1cnc(N=Nc2ccc(O)cc2O)s1.[Co]. The number of nitrogen functional groups attached to an aromatic ring is 1. The molecule has 0 saturated heterocycles. The van der Waals surface area contributed by atoms with Gasteiger partial charge in [0.15, 0.2) is 11.6 Å². The molecule has 41 heteroatoms. The number of carbonyl (C=O) groups is 2. The van der Waals surface area contributed by atoms with Crippen molar-refractivity contribution in [2.24, 2.45) is 60.8 Å². The average molecular weight is 1340 g/mol. The van der Waals surface area contributed by atoms with Crippen molar-refractivity contribution < 1.29 is 76.5 Å². The maximum absolute atomic E-state index is 10.9. The van der Waals surface area contributed by atoms with Gasteiger partial charge >= 0.3 is 26.0 Å². The number of carbonyl (C=O) groups excluding carboxylic acids is 2. The normalized spacial score (nSPS) is 13.5. The van der Waals surface area contributed by atoms with Crippen LogP contribution < -0.4 is 40.7 Å². The van der Waals surface area contributed by atoms with E-state index in [2.05, 4.69) is 83.7 Å². The molecule has 5 heterocycles. The maximum atomic E-state index is 10.9. The summed E-state index contributed by atoms with van der Waals surface area (Å²) in [6.45, 7) is 0.806. The van der Waals surface area contributed by atoms with E-state index in [1.165, 1.54) is 42.0 Å². The minimum atomic E-state index is -0.583. The third-order valence-corrected chi connectivity index (χ3v) is 13.3. The molecule has 8 aromatic rings. The summed E-state index contributed by atoms with van der Waals surface area (Å²) in [5.74, 6) is 4.08. The number of aromatic hydroxyl groups is 2. The summed E-state index contributed by atoms with van der Waals surface area (Å²) >= 11 is 3.17. The van der Waals surface area contributed by atoms with Gasteiger partial charge in [-0.3, -0.25) is 65.7 Å². The number of allylic oxidation sites excluding steroid dienone is 6. The number of nitrogens with one attached hydrogen (secondary N) is 2. The number of phenols is 2. The maximum Gasteiger partial charge on any atom is 0.421 e. The van der Waals surface area contributed by atoms with E-state index < -0.39 is 19.7 Å². The molecule has 2 aliphatic rings. The number of rotatable bonds is 14. The molecule has 36 nitrogen and oxygen atoms in total. The Morgan fingerprint density at radius 3 is 1.65 bits per heavy atom. The zero-order chi connectivity index (χ0) is 63.0. The Kier molecular flexibility index (Phi) is 27.2. The van der Waals surface area contributed by atoms with Crippen LogP contribution in [0.3, 0.4) is 0 Å². The van der Waals surface area contributed by atoms with E-state index in [1.54, 1.807) is 0 Å². The van der Waals surface area contributed by atoms with Crippen LogP contribution in [0.2, 0.25) is 0 Å². The third kappa shape index (κ3) is 22.5. The predicted octanol–water partition coefficient (Wildman–Crippen LogP) is 7.17. The van der Waals surface area contributed by atoms with Crippen molar-refractivity contribution in [2.45, 2.75) is 6.54 Å². The minimum absolute atomic E-state index is 0. The molecule has 0 bridgehead atoms. The summed E-state index contributed by atoms with van der Waals surface area (Å²) in [4.78, 5) is 75.6. The number of aromatic nitrogens is 6. The number of nitrogens with zero attached hydrogens (tertiary/aromatic N) is 18.